The van der Waals surface area contributed by atoms with Crippen molar-refractivity contribution >= 4 is 59.6 Å². The van der Waals surface area contributed by atoms with Gasteiger partial charge in [0, 0.05) is 27.8 Å². The summed E-state index contributed by atoms with van der Waals surface area (Å²) in [6.07, 6.45) is 0. The molecule has 0 fully saturated rings. The lowest BCUT2D eigenvalue weighted by atomic mass is 10.0. The van der Waals surface area contributed by atoms with Crippen LogP contribution in [0.3, 0.4) is 0 Å². The molecule has 0 saturated carbocycles. The monoisotopic (exact) mass is 618 g/mol. The third kappa shape index (κ3) is 4.72. The predicted molar refractivity (Wildman–Crippen MR) is 202 cm³/mol. The first-order valence-corrected chi connectivity index (χ1v) is 16.8. The molecule has 0 atom stereocenters. The van der Waals surface area contributed by atoms with Gasteiger partial charge in [0.15, 0.2) is 0 Å². The van der Waals surface area contributed by atoms with E-state index in [0.29, 0.717) is 0 Å². The average molecular weight is 619 g/mol. The van der Waals surface area contributed by atoms with Crippen LogP contribution in [0.4, 0.5) is 17.1 Å². The molecule has 0 unspecified atom stereocenters. The summed E-state index contributed by atoms with van der Waals surface area (Å²) in [7, 11) is 0. The zero-order valence-corrected chi connectivity index (χ0v) is 26.4. The van der Waals surface area contributed by atoms with Gasteiger partial charge in [-0.3, -0.25) is 0 Å². The summed E-state index contributed by atoms with van der Waals surface area (Å²) in [4.78, 5) is 2.41. The van der Waals surface area contributed by atoms with Gasteiger partial charge in [0.05, 0.1) is 26.1 Å². The molecular weight excluding hydrogens is 589 g/mol. The largest absolute Gasteiger partial charge is 0.309 e. The second-order valence-electron chi connectivity index (χ2n) is 11.8. The van der Waals surface area contributed by atoms with Crippen molar-refractivity contribution in [2.45, 2.75) is 0 Å². The molecule has 2 aromatic heterocycles. The lowest BCUT2D eigenvalue weighted by Gasteiger charge is -2.26. The zero-order chi connectivity index (χ0) is 31.2. The van der Waals surface area contributed by atoms with Gasteiger partial charge in [-0.1, -0.05) is 133 Å². The Balaban J connectivity index is 1.26. The van der Waals surface area contributed by atoms with Crippen molar-refractivity contribution in [1.29, 1.82) is 0 Å². The van der Waals surface area contributed by atoms with E-state index < -0.39 is 0 Å². The molecule has 7 aromatic carbocycles. The van der Waals surface area contributed by atoms with Crippen LogP contribution in [0.5, 0.6) is 0 Å². The van der Waals surface area contributed by atoms with Crippen molar-refractivity contribution in [2.75, 3.05) is 4.90 Å². The van der Waals surface area contributed by atoms with E-state index in [0.717, 1.165) is 11.4 Å². The van der Waals surface area contributed by atoms with Gasteiger partial charge >= 0.3 is 0 Å². The topological polar surface area (TPSA) is 8.17 Å². The SMILES string of the molecule is c1ccc(-c2ccc(N(c3ccc(-c4ccccc4)cc3)c3cccc4c3sc3c5ccccc5n(-c5ccccc5)c43)cc2)cc1. The maximum absolute atomic E-state index is 2.43. The quantitative estimate of drug-likeness (QED) is 0.180. The second-order valence-corrected chi connectivity index (χ2v) is 12.8. The van der Waals surface area contributed by atoms with Crippen LogP contribution in [0.2, 0.25) is 0 Å². The van der Waals surface area contributed by atoms with Crippen LogP contribution in [0.25, 0.3) is 59.1 Å². The third-order valence-corrected chi connectivity index (χ3v) is 10.3. The van der Waals surface area contributed by atoms with E-state index in [2.05, 4.69) is 191 Å². The summed E-state index contributed by atoms with van der Waals surface area (Å²) in [5.41, 5.74) is 11.9. The van der Waals surface area contributed by atoms with Gasteiger partial charge in [-0.15, -0.1) is 11.3 Å². The molecule has 0 radical (unpaired) electrons. The summed E-state index contributed by atoms with van der Waals surface area (Å²) >= 11 is 1.89. The Labute approximate surface area is 278 Å². The second kappa shape index (κ2) is 11.5. The first-order chi connectivity index (χ1) is 23.3. The number of fused-ring (bicyclic) bond motifs is 5. The van der Waals surface area contributed by atoms with E-state index in [9.17, 15) is 0 Å². The molecular formula is C44H30N2S. The van der Waals surface area contributed by atoms with Crippen molar-refractivity contribution in [1.82, 2.24) is 4.57 Å². The smallest absolute Gasteiger partial charge is 0.0728 e. The van der Waals surface area contributed by atoms with Gasteiger partial charge in [-0.25, -0.2) is 0 Å². The van der Waals surface area contributed by atoms with Crippen molar-refractivity contribution in [3.05, 3.63) is 182 Å². The van der Waals surface area contributed by atoms with Gasteiger partial charge in [0.2, 0.25) is 0 Å². The predicted octanol–water partition coefficient (Wildman–Crippen LogP) is 12.8. The maximum Gasteiger partial charge on any atom is 0.0728 e. The van der Waals surface area contributed by atoms with E-state index in [1.54, 1.807) is 0 Å². The molecule has 0 bridgehead atoms. The first-order valence-electron chi connectivity index (χ1n) is 15.9. The van der Waals surface area contributed by atoms with Crippen LogP contribution in [0.15, 0.2) is 182 Å². The molecule has 0 saturated heterocycles. The minimum absolute atomic E-state index is 1.12. The van der Waals surface area contributed by atoms with Crippen molar-refractivity contribution in [3.63, 3.8) is 0 Å². The van der Waals surface area contributed by atoms with E-state index in [4.69, 9.17) is 0 Å². The number of aromatic nitrogens is 1. The lowest BCUT2D eigenvalue weighted by molar-refractivity contribution is 1.19. The van der Waals surface area contributed by atoms with E-state index >= 15 is 0 Å². The van der Waals surface area contributed by atoms with Gasteiger partial charge in [-0.05, 0) is 70.8 Å². The molecule has 222 valence electrons. The third-order valence-electron chi connectivity index (χ3n) is 9.00. The Morgan fingerprint density at radius 2 is 0.872 bits per heavy atom. The Hall–Kier alpha value is -5.90. The number of thiophene rings is 1. The number of rotatable bonds is 6. The van der Waals surface area contributed by atoms with Crippen LogP contribution >= 0.6 is 11.3 Å². The number of nitrogens with zero attached hydrogens (tertiary/aromatic N) is 2. The van der Waals surface area contributed by atoms with Gasteiger partial charge in [-0.2, -0.15) is 0 Å². The fourth-order valence-electron chi connectivity index (χ4n) is 6.79. The van der Waals surface area contributed by atoms with Crippen LogP contribution in [0, 0.1) is 0 Å². The highest BCUT2D eigenvalue weighted by Crippen LogP contribution is 2.48. The molecule has 2 nitrogen and oxygen atoms in total. The Bertz CT molecular complexity index is 2390. The summed E-state index contributed by atoms with van der Waals surface area (Å²) in [6.45, 7) is 0. The zero-order valence-electron chi connectivity index (χ0n) is 25.6. The standard InChI is InChI=1S/C44H30N2S/c1-4-13-31(14-5-1)33-23-27-36(28-24-33)45(37-29-25-34(26-30-37)32-15-6-2-7-16-32)41-22-12-20-39-42-44(47-43(39)41)38-19-10-11-21-40(38)46(42)35-17-8-3-9-18-35/h1-30H. The summed E-state index contributed by atoms with van der Waals surface area (Å²) < 4.78 is 5.01. The number of para-hydroxylation sites is 2. The summed E-state index contributed by atoms with van der Waals surface area (Å²) in [6, 6.07) is 65.4. The van der Waals surface area contributed by atoms with E-state index in [-0.39, 0.29) is 0 Å². The van der Waals surface area contributed by atoms with Crippen molar-refractivity contribution in [3.8, 4) is 27.9 Å². The van der Waals surface area contributed by atoms with E-state index in [1.807, 2.05) is 11.3 Å². The molecule has 47 heavy (non-hydrogen) atoms. The summed E-state index contributed by atoms with van der Waals surface area (Å²) in [5, 5.41) is 2.54. The molecule has 3 heteroatoms. The minimum Gasteiger partial charge on any atom is -0.309 e. The van der Waals surface area contributed by atoms with E-state index in [1.165, 1.54) is 64.8 Å². The number of hydrogen-bond acceptors (Lipinski definition) is 2. The minimum atomic E-state index is 1.12. The fourth-order valence-corrected chi connectivity index (χ4v) is 8.12. The fraction of sp³-hybridized carbons (Fsp3) is 0. The Morgan fingerprint density at radius 1 is 0.383 bits per heavy atom. The molecule has 0 aliphatic rings. The molecule has 0 amide bonds. The summed E-state index contributed by atoms with van der Waals surface area (Å²) in [5.74, 6) is 0. The molecule has 0 aliphatic heterocycles. The molecule has 9 aromatic rings. The average Bonchev–Trinajstić information content (AvgIpc) is 3.69. The van der Waals surface area contributed by atoms with Gasteiger partial charge < -0.3 is 9.47 Å². The lowest BCUT2D eigenvalue weighted by Crippen LogP contribution is -2.10. The molecule has 2 heterocycles. The molecule has 0 spiro atoms. The Kier molecular flexibility index (Phi) is 6.69. The maximum atomic E-state index is 2.43. The first kappa shape index (κ1) is 27.4. The molecule has 0 N–H and O–H groups in total. The highest BCUT2D eigenvalue weighted by atomic mass is 32.1. The number of anilines is 3. The highest BCUT2D eigenvalue weighted by molar-refractivity contribution is 7.27. The van der Waals surface area contributed by atoms with Gasteiger partial charge in [0.25, 0.3) is 0 Å². The Morgan fingerprint density at radius 3 is 1.47 bits per heavy atom. The van der Waals surface area contributed by atoms with Gasteiger partial charge in [0.1, 0.15) is 0 Å². The molecule has 0 aliphatic carbocycles. The van der Waals surface area contributed by atoms with Crippen molar-refractivity contribution in [2.24, 2.45) is 0 Å². The highest BCUT2D eigenvalue weighted by Gasteiger charge is 2.22. The number of benzene rings is 7. The van der Waals surface area contributed by atoms with Crippen LogP contribution in [-0.2, 0) is 0 Å². The van der Waals surface area contributed by atoms with Crippen LogP contribution < -0.4 is 4.90 Å². The number of hydrogen-bond donors (Lipinski definition) is 0. The normalized spacial score (nSPS) is 11.4. The molecule has 9 rings (SSSR count). The van der Waals surface area contributed by atoms with Crippen LogP contribution in [0.1, 0.15) is 0 Å². The van der Waals surface area contributed by atoms with Crippen molar-refractivity contribution < 1.29 is 0 Å². The van der Waals surface area contributed by atoms with Crippen LogP contribution in [-0.4, -0.2) is 4.57 Å².